The van der Waals surface area contributed by atoms with Crippen molar-refractivity contribution in [2.45, 2.75) is 38.6 Å². The summed E-state index contributed by atoms with van der Waals surface area (Å²) in [6, 6.07) is 6.88. The third-order valence-corrected chi connectivity index (χ3v) is 3.49. The Labute approximate surface area is 129 Å². The van der Waals surface area contributed by atoms with Crippen LogP contribution < -0.4 is 10.6 Å². The fourth-order valence-electron chi connectivity index (χ4n) is 2.18. The van der Waals surface area contributed by atoms with E-state index in [1.54, 1.807) is 0 Å². The molecule has 1 aliphatic heterocycles. The first-order valence-corrected chi connectivity index (χ1v) is 7.31. The summed E-state index contributed by atoms with van der Waals surface area (Å²) in [6.07, 6.45) is 0.726. The molecule has 22 heavy (non-hydrogen) atoms. The first kappa shape index (κ1) is 16.0. The van der Waals surface area contributed by atoms with Gasteiger partial charge < -0.3 is 15.4 Å². The zero-order valence-electron chi connectivity index (χ0n) is 12.7. The van der Waals surface area contributed by atoms with Crippen molar-refractivity contribution >= 4 is 23.5 Å². The molecule has 0 aliphatic carbocycles. The molecular formula is C16H20N2O4. The summed E-state index contributed by atoms with van der Waals surface area (Å²) < 4.78 is 4.90. The highest BCUT2D eigenvalue weighted by Crippen LogP contribution is 2.17. The number of anilines is 1. The summed E-state index contributed by atoms with van der Waals surface area (Å²) in [7, 11) is 0. The van der Waals surface area contributed by atoms with Gasteiger partial charge in [-0.3, -0.25) is 9.59 Å². The maximum Gasteiger partial charge on any atom is 0.329 e. The zero-order chi connectivity index (χ0) is 16.1. The molecule has 118 valence electrons. The fraction of sp³-hybridized carbons (Fsp3) is 0.438. The molecule has 2 N–H and O–H groups in total. The van der Waals surface area contributed by atoms with Gasteiger partial charge >= 0.3 is 5.97 Å². The number of carbonyl (C=O) groups is 3. The highest BCUT2D eigenvalue weighted by Gasteiger charge is 2.28. The van der Waals surface area contributed by atoms with E-state index in [9.17, 15) is 14.4 Å². The number of benzene rings is 1. The van der Waals surface area contributed by atoms with Crippen molar-refractivity contribution in [3.63, 3.8) is 0 Å². The van der Waals surface area contributed by atoms with Gasteiger partial charge in [0.1, 0.15) is 6.04 Å². The lowest BCUT2D eigenvalue weighted by Gasteiger charge is -2.11. The smallest absolute Gasteiger partial charge is 0.329 e. The minimum absolute atomic E-state index is 0.170. The Morgan fingerprint density at radius 3 is 2.55 bits per heavy atom. The molecule has 1 aromatic carbocycles. The van der Waals surface area contributed by atoms with Gasteiger partial charge in [0, 0.05) is 12.1 Å². The number of amides is 2. The minimum Gasteiger partial charge on any atom is -0.454 e. The Bertz CT molecular complexity index is 566. The molecule has 1 aromatic rings. The third-order valence-electron chi connectivity index (χ3n) is 3.49. The van der Waals surface area contributed by atoms with E-state index in [0.29, 0.717) is 24.4 Å². The second-order valence-corrected chi connectivity index (χ2v) is 5.59. The number of ether oxygens (including phenoxy) is 1. The number of carbonyl (C=O) groups excluding carboxylic acids is 3. The van der Waals surface area contributed by atoms with Crippen LogP contribution in [0.25, 0.3) is 0 Å². The fourth-order valence-corrected chi connectivity index (χ4v) is 2.18. The molecule has 0 aromatic heterocycles. The van der Waals surface area contributed by atoms with Gasteiger partial charge in [0.05, 0.1) is 0 Å². The Kier molecular flexibility index (Phi) is 5.14. The molecule has 2 rings (SSSR count). The zero-order valence-corrected chi connectivity index (χ0v) is 12.7. The van der Waals surface area contributed by atoms with E-state index in [1.165, 1.54) is 5.56 Å². The van der Waals surface area contributed by atoms with Crippen LogP contribution in [0.2, 0.25) is 0 Å². The molecule has 2 amide bonds. The van der Waals surface area contributed by atoms with E-state index in [1.807, 2.05) is 24.3 Å². The highest BCUT2D eigenvalue weighted by atomic mass is 16.5. The van der Waals surface area contributed by atoms with E-state index in [0.717, 1.165) is 0 Å². The Morgan fingerprint density at radius 1 is 1.32 bits per heavy atom. The molecule has 0 spiro atoms. The standard InChI is InChI=1S/C16H20N2O4/c1-10(2)11-3-5-12(6-4-11)17-15(20)9-22-16(21)13-7-8-14(19)18-13/h3-6,10,13H,7-9H2,1-2H3,(H,17,20)(H,18,19)/t13-/m1/s1. The van der Waals surface area contributed by atoms with Crippen molar-refractivity contribution in [1.82, 2.24) is 5.32 Å². The summed E-state index contributed by atoms with van der Waals surface area (Å²) in [5.74, 6) is -0.727. The van der Waals surface area contributed by atoms with Crippen molar-refractivity contribution < 1.29 is 19.1 Å². The van der Waals surface area contributed by atoms with Crippen LogP contribution in [-0.4, -0.2) is 30.4 Å². The average Bonchev–Trinajstić information content (AvgIpc) is 2.92. The maximum absolute atomic E-state index is 11.7. The molecule has 1 heterocycles. The van der Waals surface area contributed by atoms with Gasteiger partial charge in [-0.15, -0.1) is 0 Å². The number of hydrogen-bond acceptors (Lipinski definition) is 4. The molecule has 0 saturated carbocycles. The van der Waals surface area contributed by atoms with Crippen LogP contribution in [0, 0.1) is 0 Å². The number of esters is 1. The Balaban J connectivity index is 1.78. The highest BCUT2D eigenvalue weighted by molar-refractivity contribution is 5.94. The van der Waals surface area contributed by atoms with Crippen LogP contribution in [0.1, 0.15) is 38.2 Å². The quantitative estimate of drug-likeness (QED) is 0.809. The van der Waals surface area contributed by atoms with Crippen LogP contribution in [0.15, 0.2) is 24.3 Å². The predicted octanol–water partition coefficient (Wildman–Crippen LogP) is 1.57. The van der Waals surface area contributed by atoms with Crippen molar-refractivity contribution in [3.05, 3.63) is 29.8 Å². The van der Waals surface area contributed by atoms with Gasteiger partial charge in [-0.05, 0) is 30.0 Å². The predicted molar refractivity (Wildman–Crippen MR) is 81.3 cm³/mol. The number of rotatable bonds is 5. The van der Waals surface area contributed by atoms with Gasteiger partial charge in [-0.2, -0.15) is 0 Å². The second-order valence-electron chi connectivity index (χ2n) is 5.59. The number of nitrogens with one attached hydrogen (secondary N) is 2. The van der Waals surface area contributed by atoms with E-state index >= 15 is 0 Å². The van der Waals surface area contributed by atoms with E-state index < -0.39 is 17.9 Å². The molecule has 0 unspecified atom stereocenters. The molecular weight excluding hydrogens is 284 g/mol. The van der Waals surface area contributed by atoms with Gasteiger partial charge in [0.25, 0.3) is 5.91 Å². The Hall–Kier alpha value is -2.37. The molecule has 1 aliphatic rings. The first-order chi connectivity index (χ1) is 10.5. The Morgan fingerprint density at radius 2 is 2.00 bits per heavy atom. The van der Waals surface area contributed by atoms with Gasteiger partial charge in [0.2, 0.25) is 5.91 Å². The normalized spacial score (nSPS) is 17.2. The van der Waals surface area contributed by atoms with Crippen LogP contribution in [0.5, 0.6) is 0 Å². The van der Waals surface area contributed by atoms with Crippen LogP contribution >= 0.6 is 0 Å². The van der Waals surface area contributed by atoms with Crippen molar-refractivity contribution in [2.24, 2.45) is 0 Å². The number of hydrogen-bond donors (Lipinski definition) is 2. The molecule has 1 atom stereocenters. The summed E-state index contributed by atoms with van der Waals surface area (Å²) in [4.78, 5) is 34.4. The third kappa shape index (κ3) is 4.31. The van der Waals surface area contributed by atoms with Crippen molar-refractivity contribution in [1.29, 1.82) is 0 Å². The SMILES string of the molecule is CC(C)c1ccc(NC(=O)COC(=O)[C@H]2CCC(=O)N2)cc1. The van der Waals surface area contributed by atoms with Crippen LogP contribution in [-0.2, 0) is 19.1 Å². The van der Waals surface area contributed by atoms with Crippen LogP contribution in [0.3, 0.4) is 0 Å². The lowest BCUT2D eigenvalue weighted by molar-refractivity contribution is -0.149. The van der Waals surface area contributed by atoms with E-state index in [2.05, 4.69) is 24.5 Å². The van der Waals surface area contributed by atoms with Crippen molar-refractivity contribution in [2.75, 3.05) is 11.9 Å². The molecule has 6 nitrogen and oxygen atoms in total. The monoisotopic (exact) mass is 304 g/mol. The van der Waals surface area contributed by atoms with E-state index in [-0.39, 0.29) is 12.5 Å². The largest absolute Gasteiger partial charge is 0.454 e. The minimum atomic E-state index is -0.634. The molecule has 1 saturated heterocycles. The van der Waals surface area contributed by atoms with Crippen molar-refractivity contribution in [3.8, 4) is 0 Å². The average molecular weight is 304 g/mol. The van der Waals surface area contributed by atoms with Gasteiger partial charge in [-0.1, -0.05) is 26.0 Å². The van der Waals surface area contributed by atoms with E-state index in [4.69, 9.17) is 4.74 Å². The van der Waals surface area contributed by atoms with Gasteiger partial charge in [-0.25, -0.2) is 4.79 Å². The first-order valence-electron chi connectivity index (χ1n) is 7.31. The summed E-state index contributed by atoms with van der Waals surface area (Å²) in [5, 5.41) is 5.16. The van der Waals surface area contributed by atoms with Gasteiger partial charge in [0.15, 0.2) is 6.61 Å². The molecule has 0 radical (unpaired) electrons. The maximum atomic E-state index is 11.7. The lowest BCUT2D eigenvalue weighted by atomic mass is 10.0. The summed E-state index contributed by atoms with van der Waals surface area (Å²) in [6.45, 7) is 3.82. The summed E-state index contributed by atoms with van der Waals surface area (Å²) in [5.41, 5.74) is 1.83. The second kappa shape index (κ2) is 7.06. The summed E-state index contributed by atoms with van der Waals surface area (Å²) >= 11 is 0. The lowest BCUT2D eigenvalue weighted by Crippen LogP contribution is -2.36. The topological polar surface area (TPSA) is 84.5 Å². The molecule has 0 bridgehead atoms. The van der Waals surface area contributed by atoms with Crippen LogP contribution in [0.4, 0.5) is 5.69 Å². The molecule has 6 heteroatoms. The molecule has 1 fully saturated rings.